The summed E-state index contributed by atoms with van der Waals surface area (Å²) in [6.45, 7) is 6.01. The molecule has 1 heterocycles. The van der Waals surface area contributed by atoms with E-state index in [1.54, 1.807) is 13.1 Å². The maximum atomic E-state index is 11.4. The molecule has 0 aliphatic heterocycles. The van der Waals surface area contributed by atoms with Crippen LogP contribution in [0.15, 0.2) is 6.07 Å². The van der Waals surface area contributed by atoms with E-state index in [0.717, 1.165) is 5.69 Å². The van der Waals surface area contributed by atoms with E-state index >= 15 is 0 Å². The molecule has 1 amide bonds. The lowest BCUT2D eigenvalue weighted by Crippen LogP contribution is -2.23. The summed E-state index contributed by atoms with van der Waals surface area (Å²) in [7, 11) is 1.55. The Kier molecular flexibility index (Phi) is 2.93. The van der Waals surface area contributed by atoms with Crippen molar-refractivity contribution in [1.29, 1.82) is 0 Å². The van der Waals surface area contributed by atoms with Crippen LogP contribution in [0.2, 0.25) is 0 Å². The molecule has 5 heteroatoms. The summed E-state index contributed by atoms with van der Waals surface area (Å²) in [5, 5.41) is 2.50. The van der Waals surface area contributed by atoms with Crippen molar-refractivity contribution in [2.45, 2.75) is 26.2 Å². The first-order chi connectivity index (χ1) is 6.84. The van der Waals surface area contributed by atoms with Gasteiger partial charge in [0.1, 0.15) is 5.69 Å². The van der Waals surface area contributed by atoms with Crippen LogP contribution in [0.5, 0.6) is 0 Å². The second-order valence-electron chi connectivity index (χ2n) is 4.33. The van der Waals surface area contributed by atoms with Crippen LogP contribution in [0.1, 0.15) is 37.0 Å². The SMILES string of the molecule is CNC(=O)c1cc(C(C)(C)C)nc(N)n1. The molecule has 0 radical (unpaired) electrons. The van der Waals surface area contributed by atoms with Gasteiger partial charge in [-0.05, 0) is 6.07 Å². The van der Waals surface area contributed by atoms with E-state index in [0.29, 0.717) is 5.69 Å². The molecule has 3 N–H and O–H groups in total. The van der Waals surface area contributed by atoms with Crippen molar-refractivity contribution in [3.63, 3.8) is 0 Å². The number of nitrogens with one attached hydrogen (secondary N) is 1. The third kappa shape index (κ3) is 2.65. The van der Waals surface area contributed by atoms with Crippen LogP contribution in [-0.4, -0.2) is 22.9 Å². The van der Waals surface area contributed by atoms with Gasteiger partial charge >= 0.3 is 0 Å². The predicted octanol–water partition coefficient (Wildman–Crippen LogP) is 0.716. The number of rotatable bonds is 1. The average molecular weight is 208 g/mol. The van der Waals surface area contributed by atoms with Gasteiger partial charge in [-0.25, -0.2) is 9.97 Å². The van der Waals surface area contributed by atoms with Crippen LogP contribution in [0, 0.1) is 0 Å². The molecule has 0 fully saturated rings. The number of carbonyl (C=O) groups is 1. The molecule has 1 aromatic rings. The van der Waals surface area contributed by atoms with Crippen molar-refractivity contribution in [2.24, 2.45) is 0 Å². The van der Waals surface area contributed by atoms with E-state index in [1.165, 1.54) is 0 Å². The van der Waals surface area contributed by atoms with Crippen molar-refractivity contribution in [3.8, 4) is 0 Å². The van der Waals surface area contributed by atoms with E-state index in [-0.39, 0.29) is 17.3 Å². The molecule has 1 aromatic heterocycles. The summed E-state index contributed by atoms with van der Waals surface area (Å²) in [5.74, 6) is -0.129. The molecule has 0 spiro atoms. The monoisotopic (exact) mass is 208 g/mol. The zero-order valence-corrected chi connectivity index (χ0v) is 9.46. The highest BCUT2D eigenvalue weighted by molar-refractivity contribution is 5.92. The van der Waals surface area contributed by atoms with E-state index in [4.69, 9.17) is 5.73 Å². The van der Waals surface area contributed by atoms with Gasteiger partial charge in [0.15, 0.2) is 0 Å². The van der Waals surface area contributed by atoms with Gasteiger partial charge in [-0.3, -0.25) is 4.79 Å². The standard InChI is InChI=1S/C10H16N4O/c1-10(2,3)7-5-6(8(15)12-4)13-9(11)14-7/h5H,1-4H3,(H,12,15)(H2,11,13,14). The second-order valence-corrected chi connectivity index (χ2v) is 4.33. The van der Waals surface area contributed by atoms with Crippen molar-refractivity contribution < 1.29 is 4.79 Å². The summed E-state index contributed by atoms with van der Waals surface area (Å²) in [5.41, 5.74) is 6.45. The Morgan fingerprint density at radius 3 is 2.47 bits per heavy atom. The number of nitrogens with zero attached hydrogens (tertiary/aromatic N) is 2. The summed E-state index contributed by atoms with van der Waals surface area (Å²) >= 11 is 0. The Bertz CT molecular complexity index is 381. The molecule has 0 unspecified atom stereocenters. The topological polar surface area (TPSA) is 80.9 Å². The lowest BCUT2D eigenvalue weighted by atomic mass is 9.91. The highest BCUT2D eigenvalue weighted by Gasteiger charge is 2.19. The Morgan fingerprint density at radius 1 is 1.40 bits per heavy atom. The zero-order valence-electron chi connectivity index (χ0n) is 9.46. The number of hydrogen-bond acceptors (Lipinski definition) is 4. The molecular weight excluding hydrogens is 192 g/mol. The number of hydrogen-bond donors (Lipinski definition) is 2. The highest BCUT2D eigenvalue weighted by Crippen LogP contribution is 2.20. The molecule has 0 bridgehead atoms. The Morgan fingerprint density at radius 2 is 2.00 bits per heavy atom. The molecule has 0 saturated carbocycles. The predicted molar refractivity (Wildman–Crippen MR) is 58.5 cm³/mol. The van der Waals surface area contributed by atoms with E-state index < -0.39 is 0 Å². The summed E-state index contributed by atoms with van der Waals surface area (Å²) < 4.78 is 0. The number of nitrogen functional groups attached to an aromatic ring is 1. The lowest BCUT2D eigenvalue weighted by Gasteiger charge is -2.18. The minimum atomic E-state index is -0.255. The molecule has 15 heavy (non-hydrogen) atoms. The molecule has 82 valence electrons. The van der Waals surface area contributed by atoms with E-state index in [1.807, 2.05) is 20.8 Å². The van der Waals surface area contributed by atoms with Gasteiger partial charge in [0.25, 0.3) is 5.91 Å². The van der Waals surface area contributed by atoms with Gasteiger partial charge in [-0.2, -0.15) is 0 Å². The van der Waals surface area contributed by atoms with Gasteiger partial charge in [-0.1, -0.05) is 20.8 Å². The van der Waals surface area contributed by atoms with Gasteiger partial charge in [0, 0.05) is 12.5 Å². The van der Waals surface area contributed by atoms with Crippen LogP contribution in [-0.2, 0) is 5.41 Å². The maximum absolute atomic E-state index is 11.4. The minimum absolute atomic E-state index is 0.126. The maximum Gasteiger partial charge on any atom is 0.269 e. The molecular formula is C10H16N4O. The average Bonchev–Trinajstić information content (AvgIpc) is 2.14. The third-order valence-electron chi connectivity index (χ3n) is 1.97. The summed E-state index contributed by atoms with van der Waals surface area (Å²) in [4.78, 5) is 19.4. The molecule has 0 aromatic carbocycles. The molecule has 0 aliphatic carbocycles. The number of amides is 1. The normalized spacial score (nSPS) is 11.2. The molecule has 1 rings (SSSR count). The van der Waals surface area contributed by atoms with Gasteiger partial charge in [0.2, 0.25) is 5.95 Å². The van der Waals surface area contributed by atoms with Crippen LogP contribution in [0.3, 0.4) is 0 Å². The highest BCUT2D eigenvalue weighted by atomic mass is 16.1. The molecule has 0 atom stereocenters. The van der Waals surface area contributed by atoms with Crippen molar-refractivity contribution in [3.05, 3.63) is 17.5 Å². The van der Waals surface area contributed by atoms with Crippen LogP contribution in [0.25, 0.3) is 0 Å². The Hall–Kier alpha value is -1.65. The quantitative estimate of drug-likeness (QED) is 0.712. The van der Waals surface area contributed by atoms with E-state index in [9.17, 15) is 4.79 Å². The Labute approximate surface area is 89.1 Å². The first-order valence-corrected chi connectivity index (χ1v) is 4.71. The lowest BCUT2D eigenvalue weighted by molar-refractivity contribution is 0.0958. The van der Waals surface area contributed by atoms with Crippen LogP contribution < -0.4 is 11.1 Å². The van der Waals surface area contributed by atoms with Crippen LogP contribution >= 0.6 is 0 Å². The van der Waals surface area contributed by atoms with Crippen molar-refractivity contribution in [2.75, 3.05) is 12.8 Å². The minimum Gasteiger partial charge on any atom is -0.368 e. The van der Waals surface area contributed by atoms with Gasteiger partial charge in [-0.15, -0.1) is 0 Å². The fourth-order valence-corrected chi connectivity index (χ4v) is 1.09. The number of nitrogens with two attached hydrogens (primary N) is 1. The first kappa shape index (κ1) is 11.4. The van der Waals surface area contributed by atoms with Gasteiger partial charge < -0.3 is 11.1 Å². The van der Waals surface area contributed by atoms with Gasteiger partial charge in [0.05, 0.1) is 5.69 Å². The second kappa shape index (κ2) is 3.84. The fraction of sp³-hybridized carbons (Fsp3) is 0.500. The summed E-state index contributed by atoms with van der Waals surface area (Å²) in [6.07, 6.45) is 0. The van der Waals surface area contributed by atoms with Crippen LogP contribution in [0.4, 0.5) is 5.95 Å². The first-order valence-electron chi connectivity index (χ1n) is 4.71. The Balaban J connectivity index is 3.23. The molecule has 0 aliphatic rings. The number of anilines is 1. The smallest absolute Gasteiger partial charge is 0.269 e. The fourth-order valence-electron chi connectivity index (χ4n) is 1.09. The van der Waals surface area contributed by atoms with Crippen molar-refractivity contribution >= 4 is 11.9 Å². The molecule has 0 saturated heterocycles. The largest absolute Gasteiger partial charge is 0.368 e. The third-order valence-corrected chi connectivity index (χ3v) is 1.97. The summed E-state index contributed by atoms with van der Waals surface area (Å²) in [6, 6.07) is 1.66. The van der Waals surface area contributed by atoms with E-state index in [2.05, 4.69) is 15.3 Å². The molecule has 5 nitrogen and oxygen atoms in total. The number of carbonyl (C=O) groups excluding carboxylic acids is 1. The number of aromatic nitrogens is 2. The van der Waals surface area contributed by atoms with Crippen molar-refractivity contribution in [1.82, 2.24) is 15.3 Å². The zero-order chi connectivity index (χ0) is 11.6.